The molecular formula is C14H21ClFNO. The van der Waals surface area contributed by atoms with Gasteiger partial charge in [0.2, 0.25) is 0 Å². The van der Waals surface area contributed by atoms with Crippen LogP contribution < -0.4 is 5.32 Å². The Hall–Kier alpha value is -0.640. The van der Waals surface area contributed by atoms with Gasteiger partial charge in [0.25, 0.3) is 0 Å². The van der Waals surface area contributed by atoms with Crippen molar-refractivity contribution in [3.05, 3.63) is 34.6 Å². The lowest BCUT2D eigenvalue weighted by Crippen LogP contribution is -2.36. The van der Waals surface area contributed by atoms with E-state index in [1.807, 2.05) is 27.8 Å². The Balaban J connectivity index is 2.65. The Morgan fingerprint density at radius 1 is 1.39 bits per heavy atom. The SMILES string of the molecule is CNC(COC(C)(C)C)Cc1cccc(Cl)c1F. The van der Waals surface area contributed by atoms with Crippen LogP contribution >= 0.6 is 11.6 Å². The number of halogens is 2. The quantitative estimate of drug-likeness (QED) is 0.888. The Bertz CT molecular complexity index is 390. The molecular weight excluding hydrogens is 253 g/mol. The van der Waals surface area contributed by atoms with Crippen LogP contribution in [0.25, 0.3) is 0 Å². The molecule has 102 valence electrons. The molecule has 1 aromatic carbocycles. The van der Waals surface area contributed by atoms with Crippen LogP contribution in [0.1, 0.15) is 26.3 Å². The molecule has 0 fully saturated rings. The van der Waals surface area contributed by atoms with E-state index in [4.69, 9.17) is 16.3 Å². The Morgan fingerprint density at radius 2 is 2.06 bits per heavy atom. The van der Waals surface area contributed by atoms with Gasteiger partial charge < -0.3 is 10.1 Å². The summed E-state index contributed by atoms with van der Waals surface area (Å²) < 4.78 is 19.5. The van der Waals surface area contributed by atoms with E-state index in [1.54, 1.807) is 18.2 Å². The first kappa shape index (κ1) is 15.4. The summed E-state index contributed by atoms with van der Waals surface area (Å²) in [6.45, 7) is 6.53. The topological polar surface area (TPSA) is 21.3 Å². The zero-order valence-electron chi connectivity index (χ0n) is 11.4. The molecule has 0 saturated heterocycles. The van der Waals surface area contributed by atoms with Crippen molar-refractivity contribution >= 4 is 11.6 Å². The van der Waals surface area contributed by atoms with Crippen molar-refractivity contribution in [2.75, 3.05) is 13.7 Å². The molecule has 1 N–H and O–H groups in total. The zero-order valence-corrected chi connectivity index (χ0v) is 12.1. The first-order chi connectivity index (χ1) is 8.33. The Morgan fingerprint density at radius 3 is 2.61 bits per heavy atom. The molecule has 1 rings (SSSR count). The molecule has 0 aromatic heterocycles. The van der Waals surface area contributed by atoms with Gasteiger partial charge in [0.05, 0.1) is 17.2 Å². The molecule has 0 amide bonds. The van der Waals surface area contributed by atoms with Crippen LogP contribution in [0.15, 0.2) is 18.2 Å². The molecule has 1 aromatic rings. The van der Waals surface area contributed by atoms with Crippen LogP contribution in [0.5, 0.6) is 0 Å². The summed E-state index contributed by atoms with van der Waals surface area (Å²) in [7, 11) is 1.85. The highest BCUT2D eigenvalue weighted by molar-refractivity contribution is 6.30. The number of ether oxygens (including phenoxy) is 1. The lowest BCUT2D eigenvalue weighted by molar-refractivity contribution is -0.0135. The minimum Gasteiger partial charge on any atom is -0.374 e. The van der Waals surface area contributed by atoms with Crippen LogP contribution in [0, 0.1) is 5.82 Å². The second kappa shape index (κ2) is 6.50. The van der Waals surface area contributed by atoms with Crippen LogP contribution in [0.3, 0.4) is 0 Å². The third-order valence-corrected chi connectivity index (χ3v) is 2.92. The Kier molecular flexibility index (Phi) is 5.57. The van der Waals surface area contributed by atoms with E-state index in [0.717, 1.165) is 0 Å². The third kappa shape index (κ3) is 4.92. The average molecular weight is 274 g/mol. The van der Waals surface area contributed by atoms with Gasteiger partial charge in [-0.25, -0.2) is 4.39 Å². The van der Waals surface area contributed by atoms with Gasteiger partial charge in [-0.2, -0.15) is 0 Å². The summed E-state index contributed by atoms with van der Waals surface area (Å²) >= 11 is 5.76. The van der Waals surface area contributed by atoms with Crippen molar-refractivity contribution < 1.29 is 9.13 Å². The largest absolute Gasteiger partial charge is 0.374 e. The van der Waals surface area contributed by atoms with Crippen LogP contribution in [-0.2, 0) is 11.2 Å². The van der Waals surface area contributed by atoms with Gasteiger partial charge in [-0.05, 0) is 45.9 Å². The van der Waals surface area contributed by atoms with E-state index in [-0.39, 0.29) is 22.5 Å². The number of hydrogen-bond donors (Lipinski definition) is 1. The second-order valence-corrected chi connectivity index (χ2v) is 5.73. The fraction of sp³-hybridized carbons (Fsp3) is 0.571. The lowest BCUT2D eigenvalue weighted by atomic mass is 10.1. The third-order valence-electron chi connectivity index (χ3n) is 2.62. The normalized spacial score (nSPS) is 13.7. The Labute approximate surface area is 113 Å². The fourth-order valence-corrected chi connectivity index (χ4v) is 1.76. The maximum Gasteiger partial charge on any atom is 0.145 e. The molecule has 1 atom stereocenters. The predicted molar refractivity (Wildman–Crippen MR) is 73.7 cm³/mol. The molecule has 4 heteroatoms. The summed E-state index contributed by atoms with van der Waals surface area (Å²) in [5.74, 6) is -0.338. The van der Waals surface area contributed by atoms with Gasteiger partial charge in [0.1, 0.15) is 5.82 Å². The molecule has 0 spiro atoms. The number of benzene rings is 1. The summed E-state index contributed by atoms with van der Waals surface area (Å²) in [6, 6.07) is 5.14. The van der Waals surface area contributed by atoms with E-state index < -0.39 is 0 Å². The number of rotatable bonds is 5. The molecule has 0 aliphatic heterocycles. The maximum atomic E-state index is 13.8. The minimum absolute atomic E-state index is 0.0668. The van der Waals surface area contributed by atoms with Gasteiger partial charge in [-0.3, -0.25) is 0 Å². The molecule has 0 radical (unpaired) electrons. The molecule has 18 heavy (non-hydrogen) atoms. The second-order valence-electron chi connectivity index (χ2n) is 5.33. The smallest absolute Gasteiger partial charge is 0.145 e. The maximum absolute atomic E-state index is 13.8. The van der Waals surface area contributed by atoms with E-state index in [0.29, 0.717) is 18.6 Å². The zero-order chi connectivity index (χ0) is 13.8. The van der Waals surface area contributed by atoms with Crippen molar-refractivity contribution in [1.82, 2.24) is 5.32 Å². The molecule has 0 aliphatic carbocycles. The van der Waals surface area contributed by atoms with Crippen LogP contribution in [0.4, 0.5) is 4.39 Å². The highest BCUT2D eigenvalue weighted by Crippen LogP contribution is 2.19. The van der Waals surface area contributed by atoms with E-state index in [1.165, 1.54) is 0 Å². The van der Waals surface area contributed by atoms with E-state index in [2.05, 4.69) is 5.32 Å². The standard InChI is InChI=1S/C14H21ClFNO/c1-14(2,3)18-9-11(17-4)8-10-6-5-7-12(15)13(10)16/h5-7,11,17H,8-9H2,1-4H3. The summed E-state index contributed by atoms with van der Waals surface area (Å²) in [6.07, 6.45) is 0.555. The van der Waals surface area contributed by atoms with Gasteiger partial charge in [0.15, 0.2) is 0 Å². The minimum atomic E-state index is -0.338. The van der Waals surface area contributed by atoms with Crippen molar-refractivity contribution in [1.29, 1.82) is 0 Å². The van der Waals surface area contributed by atoms with Gasteiger partial charge in [-0.1, -0.05) is 23.7 Å². The number of hydrogen-bond acceptors (Lipinski definition) is 2. The first-order valence-electron chi connectivity index (χ1n) is 6.07. The van der Waals surface area contributed by atoms with Crippen molar-refractivity contribution in [2.45, 2.75) is 38.8 Å². The van der Waals surface area contributed by atoms with Crippen LogP contribution in [0.2, 0.25) is 5.02 Å². The summed E-state index contributed by atoms with van der Waals surface area (Å²) in [5.41, 5.74) is 0.418. The van der Waals surface area contributed by atoms with Crippen LogP contribution in [-0.4, -0.2) is 25.3 Å². The summed E-state index contributed by atoms with van der Waals surface area (Å²) in [5, 5.41) is 3.30. The first-order valence-corrected chi connectivity index (χ1v) is 6.45. The highest BCUT2D eigenvalue weighted by atomic mass is 35.5. The number of likely N-dealkylation sites (N-methyl/N-ethyl adjacent to an activating group) is 1. The molecule has 1 unspecified atom stereocenters. The number of nitrogens with one attached hydrogen (secondary N) is 1. The lowest BCUT2D eigenvalue weighted by Gasteiger charge is -2.24. The average Bonchev–Trinajstić information content (AvgIpc) is 2.28. The highest BCUT2D eigenvalue weighted by Gasteiger charge is 2.16. The molecule has 2 nitrogen and oxygen atoms in total. The summed E-state index contributed by atoms with van der Waals surface area (Å²) in [4.78, 5) is 0. The molecule has 0 heterocycles. The van der Waals surface area contributed by atoms with Crippen molar-refractivity contribution in [3.8, 4) is 0 Å². The van der Waals surface area contributed by atoms with Gasteiger partial charge in [-0.15, -0.1) is 0 Å². The molecule has 0 saturated carbocycles. The fourth-order valence-electron chi connectivity index (χ4n) is 1.57. The monoisotopic (exact) mass is 273 g/mol. The van der Waals surface area contributed by atoms with Gasteiger partial charge >= 0.3 is 0 Å². The molecule has 0 aliphatic rings. The predicted octanol–water partition coefficient (Wildman–Crippen LogP) is 3.42. The van der Waals surface area contributed by atoms with Crippen molar-refractivity contribution in [2.24, 2.45) is 0 Å². The van der Waals surface area contributed by atoms with Crippen molar-refractivity contribution in [3.63, 3.8) is 0 Å². The van der Waals surface area contributed by atoms with E-state index in [9.17, 15) is 4.39 Å². The molecule has 0 bridgehead atoms. The van der Waals surface area contributed by atoms with Gasteiger partial charge in [0, 0.05) is 6.04 Å². The van der Waals surface area contributed by atoms with E-state index >= 15 is 0 Å².